The van der Waals surface area contributed by atoms with Crippen LogP contribution in [0, 0.1) is 12.1 Å². The van der Waals surface area contributed by atoms with E-state index in [2.05, 4.69) is 23.7 Å². The van der Waals surface area contributed by atoms with Gasteiger partial charge in [0.05, 0.1) is 5.70 Å². The number of allylic oxidation sites excluding steroid dienone is 2. The molecule has 2 aromatic rings. The molecular weight excluding hydrogens is 230 g/mol. The van der Waals surface area contributed by atoms with E-state index in [1.165, 1.54) is 0 Å². The van der Waals surface area contributed by atoms with Crippen LogP contribution in [0.3, 0.4) is 0 Å². The second kappa shape index (κ2) is 6.37. The van der Waals surface area contributed by atoms with E-state index in [1.54, 1.807) is 6.21 Å². The molecule has 19 heavy (non-hydrogen) atoms. The average Bonchev–Trinajstić information content (AvgIpc) is 2.48. The fourth-order valence-corrected chi connectivity index (χ4v) is 1.74. The SMILES string of the molecule is C=C(/C=C(\N=CC)c1cc#ccc1)c1ccccc1. The van der Waals surface area contributed by atoms with Gasteiger partial charge in [0, 0.05) is 11.8 Å². The maximum Gasteiger partial charge on any atom is 0.0710 e. The summed E-state index contributed by atoms with van der Waals surface area (Å²) in [6, 6.07) is 21.6. The van der Waals surface area contributed by atoms with Crippen molar-refractivity contribution in [3.63, 3.8) is 0 Å². The minimum Gasteiger partial charge on any atom is -0.261 e. The zero-order chi connectivity index (χ0) is 13.5. The van der Waals surface area contributed by atoms with Gasteiger partial charge in [-0.1, -0.05) is 49.0 Å². The van der Waals surface area contributed by atoms with Crippen LogP contribution in [-0.4, -0.2) is 6.21 Å². The van der Waals surface area contributed by atoms with Crippen LogP contribution in [0.1, 0.15) is 18.1 Å². The first kappa shape index (κ1) is 12.9. The lowest BCUT2D eigenvalue weighted by Crippen LogP contribution is -1.84. The summed E-state index contributed by atoms with van der Waals surface area (Å²) in [5.74, 6) is 0. The van der Waals surface area contributed by atoms with Crippen LogP contribution in [0.25, 0.3) is 11.3 Å². The fraction of sp³-hybridized carbons (Fsp3) is 0.0556. The van der Waals surface area contributed by atoms with Crippen LogP contribution in [0.15, 0.2) is 66.2 Å². The van der Waals surface area contributed by atoms with E-state index in [1.807, 2.05) is 61.5 Å². The fourth-order valence-electron chi connectivity index (χ4n) is 1.74. The van der Waals surface area contributed by atoms with E-state index in [0.29, 0.717) is 0 Å². The Morgan fingerprint density at radius 1 is 1.11 bits per heavy atom. The van der Waals surface area contributed by atoms with E-state index < -0.39 is 0 Å². The Morgan fingerprint density at radius 2 is 1.89 bits per heavy atom. The lowest BCUT2D eigenvalue weighted by molar-refractivity contribution is 1.51. The smallest absolute Gasteiger partial charge is 0.0710 e. The van der Waals surface area contributed by atoms with Gasteiger partial charge in [0.1, 0.15) is 0 Å². The third-order valence-corrected chi connectivity index (χ3v) is 2.68. The molecule has 0 aliphatic rings. The van der Waals surface area contributed by atoms with Gasteiger partial charge >= 0.3 is 0 Å². The highest BCUT2D eigenvalue weighted by Crippen LogP contribution is 2.21. The lowest BCUT2D eigenvalue weighted by atomic mass is 10.0. The van der Waals surface area contributed by atoms with Crippen molar-refractivity contribution in [3.05, 3.63) is 84.4 Å². The molecule has 0 unspecified atom stereocenters. The Balaban J connectivity index is 2.35. The first-order valence-electron chi connectivity index (χ1n) is 6.14. The molecule has 0 aromatic heterocycles. The number of hydrogen-bond donors (Lipinski definition) is 0. The molecule has 0 bridgehead atoms. The maximum absolute atomic E-state index is 4.40. The normalized spacial score (nSPS) is 11.3. The molecule has 0 spiro atoms. The zero-order valence-electron chi connectivity index (χ0n) is 10.9. The largest absolute Gasteiger partial charge is 0.261 e. The van der Waals surface area contributed by atoms with E-state index in [0.717, 1.165) is 22.4 Å². The average molecular weight is 245 g/mol. The molecule has 0 radical (unpaired) electrons. The van der Waals surface area contributed by atoms with Gasteiger partial charge in [0.15, 0.2) is 0 Å². The van der Waals surface area contributed by atoms with E-state index >= 15 is 0 Å². The molecule has 0 saturated heterocycles. The Hall–Kier alpha value is -2.59. The molecule has 0 atom stereocenters. The molecule has 0 aliphatic carbocycles. The summed E-state index contributed by atoms with van der Waals surface area (Å²) in [6.45, 7) is 6.00. The van der Waals surface area contributed by atoms with Gasteiger partial charge < -0.3 is 0 Å². The molecule has 1 heteroatoms. The topological polar surface area (TPSA) is 12.4 Å². The highest BCUT2D eigenvalue weighted by atomic mass is 14.7. The third kappa shape index (κ3) is 3.43. The van der Waals surface area contributed by atoms with Crippen LogP contribution in [0.2, 0.25) is 0 Å². The van der Waals surface area contributed by atoms with Crippen LogP contribution in [-0.2, 0) is 0 Å². The number of hydrogen-bond acceptors (Lipinski definition) is 1. The molecule has 0 aliphatic heterocycles. The van der Waals surface area contributed by atoms with Crippen molar-refractivity contribution in [3.8, 4) is 0 Å². The standard InChI is InChI=1S/C18H15N/c1-3-19-18(17-12-8-5-9-13-17)14-15(2)16-10-6-4-7-11-16/h3-4,6-8,10-14H,2H2,1H3/b18-14-,19-3?. The minimum absolute atomic E-state index is 0.876. The Kier molecular flexibility index (Phi) is 4.31. The molecule has 0 saturated carbocycles. The number of rotatable bonds is 4. The van der Waals surface area contributed by atoms with Crippen molar-refractivity contribution < 1.29 is 0 Å². The molecule has 2 rings (SSSR count). The van der Waals surface area contributed by atoms with Gasteiger partial charge in [0.2, 0.25) is 0 Å². The Morgan fingerprint density at radius 3 is 2.53 bits per heavy atom. The van der Waals surface area contributed by atoms with E-state index in [-0.39, 0.29) is 0 Å². The van der Waals surface area contributed by atoms with Gasteiger partial charge in [-0.15, -0.1) is 0 Å². The number of benzene rings is 1. The summed E-state index contributed by atoms with van der Waals surface area (Å²) < 4.78 is 0. The summed E-state index contributed by atoms with van der Waals surface area (Å²) in [5.41, 5.74) is 3.92. The van der Waals surface area contributed by atoms with Crippen molar-refractivity contribution in [2.24, 2.45) is 4.99 Å². The van der Waals surface area contributed by atoms with Gasteiger partial charge in [-0.2, -0.15) is 0 Å². The van der Waals surface area contributed by atoms with Crippen LogP contribution < -0.4 is 0 Å². The summed E-state index contributed by atoms with van der Waals surface area (Å²) in [5, 5.41) is 0. The summed E-state index contributed by atoms with van der Waals surface area (Å²) in [7, 11) is 0. The molecule has 92 valence electrons. The van der Waals surface area contributed by atoms with Crippen molar-refractivity contribution in [1.82, 2.24) is 0 Å². The monoisotopic (exact) mass is 245 g/mol. The van der Waals surface area contributed by atoms with Crippen LogP contribution in [0.4, 0.5) is 0 Å². The second-order valence-electron chi connectivity index (χ2n) is 4.03. The van der Waals surface area contributed by atoms with Crippen molar-refractivity contribution in [2.75, 3.05) is 0 Å². The number of aliphatic imine (C=N–C) groups is 1. The number of nitrogens with zero attached hydrogens (tertiary/aromatic N) is 1. The van der Waals surface area contributed by atoms with E-state index in [4.69, 9.17) is 0 Å². The first-order valence-corrected chi connectivity index (χ1v) is 6.14. The Labute approximate surface area is 114 Å². The Bertz CT molecular complexity index is 592. The van der Waals surface area contributed by atoms with Gasteiger partial charge in [-0.25, -0.2) is 0 Å². The molecule has 0 amide bonds. The molecule has 0 fully saturated rings. The quantitative estimate of drug-likeness (QED) is 0.558. The summed E-state index contributed by atoms with van der Waals surface area (Å²) in [6.07, 6.45) is 3.76. The van der Waals surface area contributed by atoms with Crippen molar-refractivity contribution >= 4 is 17.5 Å². The predicted octanol–water partition coefficient (Wildman–Crippen LogP) is 4.43. The first-order chi connectivity index (χ1) is 9.31. The van der Waals surface area contributed by atoms with Crippen LogP contribution in [0.5, 0.6) is 0 Å². The second-order valence-corrected chi connectivity index (χ2v) is 4.03. The van der Waals surface area contributed by atoms with Gasteiger partial charge in [0.25, 0.3) is 0 Å². The highest BCUT2D eigenvalue weighted by molar-refractivity contribution is 5.84. The molecule has 1 nitrogen and oxygen atoms in total. The molecule has 0 N–H and O–H groups in total. The maximum atomic E-state index is 4.40. The zero-order valence-corrected chi connectivity index (χ0v) is 10.9. The van der Waals surface area contributed by atoms with Crippen molar-refractivity contribution in [2.45, 2.75) is 6.92 Å². The van der Waals surface area contributed by atoms with Gasteiger partial charge in [-0.05, 0) is 42.3 Å². The third-order valence-electron chi connectivity index (χ3n) is 2.68. The summed E-state index contributed by atoms with van der Waals surface area (Å²) in [4.78, 5) is 4.40. The predicted molar refractivity (Wildman–Crippen MR) is 81.7 cm³/mol. The molecule has 0 heterocycles. The van der Waals surface area contributed by atoms with Crippen molar-refractivity contribution in [1.29, 1.82) is 0 Å². The van der Waals surface area contributed by atoms with Crippen LogP contribution >= 0.6 is 0 Å². The van der Waals surface area contributed by atoms with Gasteiger partial charge in [-0.3, -0.25) is 4.99 Å². The molecular formula is C18H15N. The summed E-state index contributed by atoms with van der Waals surface area (Å²) >= 11 is 0. The minimum atomic E-state index is 0.876. The lowest BCUT2D eigenvalue weighted by Gasteiger charge is -2.04. The highest BCUT2D eigenvalue weighted by Gasteiger charge is 2.01. The molecule has 2 aromatic carbocycles. The van der Waals surface area contributed by atoms with E-state index in [9.17, 15) is 0 Å².